The first-order chi connectivity index (χ1) is 16.7. The number of hydrogen-bond donors (Lipinski definition) is 2. The maximum atomic E-state index is 13.6. The molecule has 0 aliphatic rings. The van der Waals surface area contributed by atoms with Gasteiger partial charge in [-0.3, -0.25) is 14.9 Å². The molecule has 0 saturated heterocycles. The van der Waals surface area contributed by atoms with Crippen molar-refractivity contribution in [3.05, 3.63) is 53.3 Å². The highest BCUT2D eigenvalue weighted by Gasteiger charge is 2.20. The van der Waals surface area contributed by atoms with Crippen molar-refractivity contribution in [2.24, 2.45) is 16.6 Å². The Morgan fingerprint density at radius 3 is 2.23 bits per heavy atom. The number of guanidine groups is 1. The lowest BCUT2D eigenvalue weighted by Gasteiger charge is -2.16. The van der Waals surface area contributed by atoms with E-state index in [1.54, 1.807) is 30.3 Å². The number of ketones is 1. The predicted molar refractivity (Wildman–Crippen MR) is 133 cm³/mol. The average Bonchev–Trinajstić information content (AvgIpc) is 2.82. The van der Waals surface area contributed by atoms with Crippen molar-refractivity contribution in [2.75, 3.05) is 21.3 Å². The number of rotatable bonds is 12. The summed E-state index contributed by atoms with van der Waals surface area (Å²) in [6.45, 7) is 3.96. The number of nitrogens with zero attached hydrogens (tertiary/aromatic N) is 1. The van der Waals surface area contributed by atoms with E-state index < -0.39 is 11.9 Å². The van der Waals surface area contributed by atoms with Crippen molar-refractivity contribution < 1.29 is 28.2 Å². The first-order valence-electron chi connectivity index (χ1n) is 11.4. The molecule has 0 bridgehead atoms. The highest BCUT2D eigenvalue weighted by atomic mass is 19.1. The lowest BCUT2D eigenvalue weighted by atomic mass is 9.96. The Hall–Kier alpha value is -3.62. The molecule has 0 aromatic heterocycles. The Kier molecular flexibility index (Phi) is 10.5. The largest absolute Gasteiger partial charge is 0.494 e. The van der Waals surface area contributed by atoms with Gasteiger partial charge in [-0.2, -0.15) is 0 Å². The van der Waals surface area contributed by atoms with Crippen LogP contribution >= 0.6 is 0 Å². The molecule has 3 N–H and O–H groups in total. The Balaban J connectivity index is 2.03. The number of carbonyl (C=O) groups is 2. The summed E-state index contributed by atoms with van der Waals surface area (Å²) in [6, 6.07) is 8.99. The van der Waals surface area contributed by atoms with Crippen LogP contribution in [0, 0.1) is 11.7 Å². The summed E-state index contributed by atoms with van der Waals surface area (Å²) in [4.78, 5) is 29.7. The van der Waals surface area contributed by atoms with Crippen LogP contribution in [0.15, 0.2) is 41.4 Å². The van der Waals surface area contributed by atoms with Crippen molar-refractivity contribution in [1.82, 2.24) is 5.32 Å². The number of aryl methyl sites for hydroxylation is 1. The highest BCUT2D eigenvalue weighted by molar-refractivity contribution is 5.98. The molecule has 8 nitrogen and oxygen atoms in total. The Morgan fingerprint density at radius 2 is 1.60 bits per heavy atom. The molecule has 35 heavy (non-hydrogen) atoms. The number of methoxy groups -OCH3 is 3. The fourth-order valence-corrected chi connectivity index (χ4v) is 3.56. The fourth-order valence-electron chi connectivity index (χ4n) is 3.56. The number of nitrogens with one attached hydrogen (secondary N) is 1. The maximum absolute atomic E-state index is 13.6. The monoisotopic (exact) mass is 487 g/mol. The molecule has 0 heterocycles. The van der Waals surface area contributed by atoms with Crippen molar-refractivity contribution in [3.8, 4) is 17.2 Å². The molecule has 2 aromatic rings. The van der Waals surface area contributed by atoms with Gasteiger partial charge in [0.1, 0.15) is 6.04 Å². The molecule has 0 spiro atoms. The van der Waals surface area contributed by atoms with E-state index in [1.165, 1.54) is 27.4 Å². The minimum Gasteiger partial charge on any atom is -0.494 e. The van der Waals surface area contributed by atoms with Crippen LogP contribution in [0.1, 0.15) is 37.8 Å². The van der Waals surface area contributed by atoms with Gasteiger partial charge in [-0.1, -0.05) is 26.0 Å². The number of carbonyl (C=O) groups excluding carboxylic acids is 2. The molecule has 0 radical (unpaired) electrons. The lowest BCUT2D eigenvalue weighted by molar-refractivity contribution is -0.121. The second-order valence-corrected chi connectivity index (χ2v) is 8.51. The maximum Gasteiger partial charge on any atom is 0.231 e. The van der Waals surface area contributed by atoms with Crippen LogP contribution in [0.3, 0.4) is 0 Å². The van der Waals surface area contributed by atoms with Gasteiger partial charge in [0, 0.05) is 6.42 Å². The number of nitrogens with two attached hydrogens (primary N) is 1. The highest BCUT2D eigenvalue weighted by Crippen LogP contribution is 2.27. The van der Waals surface area contributed by atoms with Gasteiger partial charge >= 0.3 is 0 Å². The number of hydrogen-bond acceptors (Lipinski definition) is 6. The van der Waals surface area contributed by atoms with Crippen molar-refractivity contribution in [3.63, 3.8) is 0 Å². The van der Waals surface area contributed by atoms with Gasteiger partial charge in [-0.15, -0.1) is 0 Å². The summed E-state index contributed by atoms with van der Waals surface area (Å²) in [6.07, 6.45) is 1.14. The smallest absolute Gasteiger partial charge is 0.231 e. The summed E-state index contributed by atoms with van der Waals surface area (Å²) in [5, 5.41) is 2.55. The second-order valence-electron chi connectivity index (χ2n) is 8.51. The van der Waals surface area contributed by atoms with Gasteiger partial charge in [-0.25, -0.2) is 9.38 Å². The third-order valence-corrected chi connectivity index (χ3v) is 5.32. The molecule has 2 rings (SSSR count). The van der Waals surface area contributed by atoms with Crippen molar-refractivity contribution >= 4 is 17.6 Å². The van der Waals surface area contributed by atoms with E-state index >= 15 is 0 Å². The molecule has 0 aliphatic carbocycles. The standard InChI is InChI=1S/C26H34FN3O5/c1-16(2)12-20(21(31)10-7-17-6-9-19(27)23(13-17)34-4)29-26(28)30-25(32)15-18-8-11-22(33-3)24(14-18)35-5/h6,8-9,11,13-14,16,20H,7,10,12,15H2,1-5H3,(H3,28,29,30,32)/t20-/m1/s1. The zero-order valence-electron chi connectivity index (χ0n) is 20.9. The topological polar surface area (TPSA) is 112 Å². The minimum absolute atomic E-state index is 0.0474. The van der Waals surface area contributed by atoms with Crippen LogP contribution in [0.25, 0.3) is 0 Å². The zero-order chi connectivity index (χ0) is 26.0. The van der Waals surface area contributed by atoms with Gasteiger partial charge in [0.15, 0.2) is 34.8 Å². The molecule has 1 amide bonds. The van der Waals surface area contributed by atoms with E-state index in [0.29, 0.717) is 29.9 Å². The van der Waals surface area contributed by atoms with Gasteiger partial charge in [0.05, 0.1) is 27.8 Å². The molecule has 0 unspecified atom stereocenters. The molecule has 0 aliphatic heterocycles. The number of ether oxygens (including phenoxy) is 3. The predicted octanol–water partition coefficient (Wildman–Crippen LogP) is 3.44. The Bertz CT molecular complexity index is 1060. The molecule has 0 fully saturated rings. The summed E-state index contributed by atoms with van der Waals surface area (Å²) < 4.78 is 29.1. The van der Waals surface area contributed by atoms with Gasteiger partial charge in [0.2, 0.25) is 5.91 Å². The molecule has 2 aromatic carbocycles. The first-order valence-corrected chi connectivity index (χ1v) is 11.4. The van der Waals surface area contributed by atoms with Crippen LogP contribution in [0.4, 0.5) is 4.39 Å². The molecular weight excluding hydrogens is 453 g/mol. The second kappa shape index (κ2) is 13.3. The van der Waals surface area contributed by atoms with E-state index in [9.17, 15) is 14.0 Å². The summed E-state index contributed by atoms with van der Waals surface area (Å²) in [5.74, 6) is 0.348. The van der Waals surface area contributed by atoms with E-state index in [0.717, 1.165) is 5.56 Å². The van der Waals surface area contributed by atoms with Crippen LogP contribution in [-0.4, -0.2) is 45.0 Å². The van der Waals surface area contributed by atoms with Crippen LogP contribution < -0.4 is 25.3 Å². The van der Waals surface area contributed by atoms with Crippen LogP contribution in [-0.2, 0) is 22.4 Å². The van der Waals surface area contributed by atoms with Crippen LogP contribution in [0.5, 0.6) is 17.2 Å². The summed E-state index contributed by atoms with van der Waals surface area (Å²) >= 11 is 0. The van der Waals surface area contributed by atoms with Gasteiger partial charge in [-0.05, 0) is 54.2 Å². The number of halogens is 1. The molecule has 190 valence electrons. The fraction of sp³-hybridized carbons (Fsp3) is 0.423. The molecular formula is C26H34FN3O5. The van der Waals surface area contributed by atoms with Gasteiger partial charge < -0.3 is 19.9 Å². The molecule has 1 atom stereocenters. The summed E-state index contributed by atoms with van der Waals surface area (Å²) in [7, 11) is 4.44. The van der Waals surface area contributed by atoms with E-state index in [4.69, 9.17) is 19.9 Å². The zero-order valence-corrected chi connectivity index (χ0v) is 20.9. The average molecular weight is 488 g/mol. The van der Waals surface area contributed by atoms with E-state index in [2.05, 4.69) is 10.3 Å². The Morgan fingerprint density at radius 1 is 0.971 bits per heavy atom. The minimum atomic E-state index is -0.696. The number of Topliss-reactive ketones (excluding diaryl/α,β-unsaturated/α-hetero) is 1. The molecule has 9 heteroatoms. The van der Waals surface area contributed by atoms with Gasteiger partial charge in [0.25, 0.3) is 0 Å². The van der Waals surface area contributed by atoms with E-state index in [1.807, 2.05) is 13.8 Å². The third-order valence-electron chi connectivity index (χ3n) is 5.32. The molecule has 0 saturated carbocycles. The Labute approximate surface area is 205 Å². The third kappa shape index (κ3) is 8.59. The number of aliphatic imine (C=N–C) groups is 1. The van der Waals surface area contributed by atoms with Crippen LogP contribution in [0.2, 0.25) is 0 Å². The quantitative estimate of drug-likeness (QED) is 0.350. The van der Waals surface area contributed by atoms with Crippen molar-refractivity contribution in [2.45, 2.75) is 45.6 Å². The normalized spacial score (nSPS) is 12.3. The van der Waals surface area contributed by atoms with Crippen molar-refractivity contribution in [1.29, 1.82) is 0 Å². The van der Waals surface area contributed by atoms with E-state index in [-0.39, 0.29) is 42.2 Å². The first kappa shape index (κ1) is 27.6. The number of amides is 1. The SMILES string of the molecule is COc1cc(CCC(=O)[C@@H](CC(C)C)N=C(N)NC(=O)Cc2ccc(OC)c(OC)c2)ccc1F. The summed E-state index contributed by atoms with van der Waals surface area (Å²) in [5.41, 5.74) is 7.45. The lowest BCUT2D eigenvalue weighted by Crippen LogP contribution is -2.39. The number of benzene rings is 2.